The van der Waals surface area contributed by atoms with Gasteiger partial charge in [0, 0.05) is 52.0 Å². The summed E-state index contributed by atoms with van der Waals surface area (Å²) in [6, 6.07) is 11.1. The number of para-hydroxylation sites is 1. The fraction of sp³-hybridized carbons (Fsp3) is 0.296. The Morgan fingerprint density at radius 1 is 1.15 bits per heavy atom. The van der Waals surface area contributed by atoms with Gasteiger partial charge in [0.25, 0.3) is 0 Å². The Morgan fingerprint density at radius 2 is 1.87 bits per heavy atom. The number of H-pyrrole nitrogens is 1. The van der Waals surface area contributed by atoms with Crippen molar-refractivity contribution in [3.63, 3.8) is 0 Å². The first-order valence-corrected chi connectivity index (χ1v) is 13.3. The molecule has 1 aliphatic rings. The maximum Gasteiger partial charge on any atom is 0.333 e. The van der Waals surface area contributed by atoms with Crippen LogP contribution in [-0.2, 0) is 17.6 Å². The Balaban J connectivity index is 1.36. The van der Waals surface area contributed by atoms with Gasteiger partial charge in [0.2, 0.25) is 11.9 Å². The van der Waals surface area contributed by atoms with Crippen LogP contribution in [0.5, 0.6) is 0 Å². The van der Waals surface area contributed by atoms with Crippen LogP contribution in [0.25, 0.3) is 16.7 Å². The maximum atomic E-state index is 12.9. The van der Waals surface area contributed by atoms with Gasteiger partial charge in [0.15, 0.2) is 5.65 Å². The van der Waals surface area contributed by atoms with Crippen molar-refractivity contribution in [1.82, 2.24) is 29.3 Å². The summed E-state index contributed by atoms with van der Waals surface area (Å²) in [6.45, 7) is 5.01. The minimum absolute atomic E-state index is 0.0759. The zero-order chi connectivity index (χ0) is 27.7. The van der Waals surface area contributed by atoms with E-state index in [1.807, 2.05) is 13.1 Å². The second-order valence-electron chi connectivity index (χ2n) is 9.53. The molecular formula is C27H28Cl2N8O2. The number of carbonyl (C=O) groups excluding carboxylic acids is 1. The molecule has 0 saturated carbocycles. The van der Waals surface area contributed by atoms with Gasteiger partial charge < -0.3 is 15.1 Å². The summed E-state index contributed by atoms with van der Waals surface area (Å²) in [5.41, 5.74) is 3.13. The minimum atomic E-state index is -0.587. The van der Waals surface area contributed by atoms with E-state index in [-0.39, 0.29) is 32.8 Å². The van der Waals surface area contributed by atoms with Crippen molar-refractivity contribution in [3.8, 4) is 5.69 Å². The number of carbonyl (C=O) groups is 1. The van der Waals surface area contributed by atoms with E-state index in [4.69, 9.17) is 28.6 Å². The number of fused-ring (bicyclic) bond motifs is 2. The molecule has 0 radical (unpaired) electrons. The van der Waals surface area contributed by atoms with Gasteiger partial charge in [-0.05, 0) is 48.2 Å². The molecule has 3 N–H and O–H groups in total. The lowest BCUT2D eigenvalue weighted by Crippen LogP contribution is -2.36. The summed E-state index contributed by atoms with van der Waals surface area (Å²) in [5, 5.41) is 12.7. The molecule has 2 aromatic carbocycles. The van der Waals surface area contributed by atoms with Gasteiger partial charge in [0.1, 0.15) is 5.49 Å². The van der Waals surface area contributed by atoms with Gasteiger partial charge in [0.05, 0.1) is 21.1 Å². The van der Waals surface area contributed by atoms with E-state index in [2.05, 4.69) is 37.3 Å². The molecular weight excluding hydrogens is 539 g/mol. The summed E-state index contributed by atoms with van der Waals surface area (Å²) < 4.78 is 1.11. The first kappa shape index (κ1) is 26.9. The predicted octanol–water partition coefficient (Wildman–Crippen LogP) is 3.52. The van der Waals surface area contributed by atoms with Gasteiger partial charge in [-0.3, -0.25) is 15.2 Å². The number of aromatic amines is 1. The number of nitrogens with one attached hydrogen (secondary N) is 3. The number of benzene rings is 2. The van der Waals surface area contributed by atoms with E-state index in [0.29, 0.717) is 17.9 Å². The van der Waals surface area contributed by atoms with E-state index in [1.165, 1.54) is 17.3 Å². The fourth-order valence-corrected chi connectivity index (χ4v) is 5.22. The Kier molecular flexibility index (Phi) is 7.69. The second kappa shape index (κ2) is 11.2. The molecule has 4 aromatic rings. The molecule has 39 heavy (non-hydrogen) atoms. The summed E-state index contributed by atoms with van der Waals surface area (Å²) in [6.07, 6.45) is 3.33. The second-order valence-corrected chi connectivity index (χ2v) is 10.3. The van der Waals surface area contributed by atoms with Crippen molar-refractivity contribution in [2.75, 3.05) is 38.5 Å². The van der Waals surface area contributed by atoms with Crippen LogP contribution in [0.15, 0.2) is 47.4 Å². The van der Waals surface area contributed by atoms with Crippen molar-refractivity contribution in [3.05, 3.63) is 79.7 Å². The molecule has 3 heterocycles. The van der Waals surface area contributed by atoms with Crippen molar-refractivity contribution in [1.29, 1.82) is 5.41 Å². The van der Waals surface area contributed by atoms with Gasteiger partial charge in [-0.25, -0.2) is 14.3 Å². The van der Waals surface area contributed by atoms with Crippen LogP contribution >= 0.6 is 23.2 Å². The number of nitrogens with zero attached hydrogens (tertiary/aromatic N) is 5. The zero-order valence-electron chi connectivity index (χ0n) is 21.6. The van der Waals surface area contributed by atoms with Crippen molar-refractivity contribution in [2.24, 2.45) is 0 Å². The monoisotopic (exact) mass is 566 g/mol. The van der Waals surface area contributed by atoms with Crippen LogP contribution in [0.4, 0.5) is 11.6 Å². The lowest BCUT2D eigenvalue weighted by Gasteiger charge is -2.23. The van der Waals surface area contributed by atoms with E-state index >= 15 is 0 Å². The summed E-state index contributed by atoms with van der Waals surface area (Å²) in [7, 11) is 1.83. The topological polar surface area (TPSA) is 123 Å². The number of aromatic nitrogens is 4. The number of hydrogen-bond acceptors (Lipinski definition) is 7. The Morgan fingerprint density at radius 3 is 2.59 bits per heavy atom. The molecule has 1 amide bonds. The average Bonchev–Trinajstić information content (AvgIpc) is 3.10. The van der Waals surface area contributed by atoms with Crippen LogP contribution in [-0.4, -0.2) is 68.5 Å². The first-order valence-electron chi connectivity index (χ1n) is 12.5. The highest BCUT2D eigenvalue weighted by Crippen LogP contribution is 2.27. The molecule has 0 fully saturated rings. The number of amides is 1. The molecule has 0 atom stereocenters. The van der Waals surface area contributed by atoms with E-state index in [9.17, 15) is 9.59 Å². The third-order valence-electron chi connectivity index (χ3n) is 7.00. The van der Waals surface area contributed by atoms with Crippen LogP contribution in [0.1, 0.15) is 18.1 Å². The molecule has 5 rings (SSSR count). The van der Waals surface area contributed by atoms with Crippen molar-refractivity contribution < 1.29 is 4.79 Å². The molecule has 0 bridgehead atoms. The molecule has 0 aliphatic carbocycles. The zero-order valence-corrected chi connectivity index (χ0v) is 23.1. The van der Waals surface area contributed by atoms with E-state index in [1.54, 1.807) is 30.0 Å². The Bertz CT molecular complexity index is 1660. The van der Waals surface area contributed by atoms with Crippen LogP contribution in [0, 0.1) is 5.41 Å². The Hall–Kier alpha value is -3.73. The third-order valence-corrected chi connectivity index (χ3v) is 7.61. The predicted molar refractivity (Wildman–Crippen MR) is 152 cm³/mol. The molecule has 0 spiro atoms. The molecule has 0 saturated heterocycles. The van der Waals surface area contributed by atoms with Gasteiger partial charge >= 0.3 is 5.69 Å². The number of anilines is 2. The number of rotatable bonds is 6. The highest BCUT2D eigenvalue weighted by Gasteiger charge is 2.17. The minimum Gasteiger partial charge on any atom is -0.345 e. The maximum absolute atomic E-state index is 12.9. The van der Waals surface area contributed by atoms with E-state index in [0.717, 1.165) is 42.7 Å². The first-order chi connectivity index (χ1) is 18.7. The smallest absolute Gasteiger partial charge is 0.333 e. The fourth-order valence-electron chi connectivity index (χ4n) is 4.66. The molecule has 0 unspecified atom stereocenters. The standard InChI is InChI=1S/C27H28Cl2N8O2/c1-16(38)35(2)12-13-36-10-8-17-6-7-19(14-18(17)9-11-36)32-26-31-15-20-24(30)37(27(39)34-25(20)33-26)23-21(28)4-3-5-22(23)29/h3-7,14-15,30H,8-13H2,1-2H3,(H2,31,32,33,34,39). The van der Waals surface area contributed by atoms with Crippen molar-refractivity contribution >= 4 is 51.8 Å². The van der Waals surface area contributed by atoms with Gasteiger partial charge in [-0.15, -0.1) is 0 Å². The lowest BCUT2D eigenvalue weighted by molar-refractivity contribution is -0.127. The number of likely N-dealkylation sites (N-methyl/N-ethyl adjacent to an activating group) is 1. The largest absolute Gasteiger partial charge is 0.345 e. The molecule has 12 heteroatoms. The highest BCUT2D eigenvalue weighted by atomic mass is 35.5. The molecule has 1 aliphatic heterocycles. The average molecular weight is 567 g/mol. The summed E-state index contributed by atoms with van der Waals surface area (Å²) in [4.78, 5) is 40.1. The summed E-state index contributed by atoms with van der Waals surface area (Å²) in [5.74, 6) is 0.375. The van der Waals surface area contributed by atoms with Gasteiger partial charge in [-0.1, -0.05) is 35.3 Å². The third kappa shape index (κ3) is 5.68. The molecule has 10 nitrogen and oxygen atoms in total. The Labute approximate surface area is 234 Å². The van der Waals surface area contributed by atoms with Crippen LogP contribution in [0.2, 0.25) is 10.0 Å². The molecule has 202 valence electrons. The normalized spacial score (nSPS) is 13.6. The van der Waals surface area contributed by atoms with Crippen LogP contribution < -0.4 is 16.5 Å². The number of hydrogen-bond donors (Lipinski definition) is 3. The van der Waals surface area contributed by atoms with Crippen molar-refractivity contribution in [2.45, 2.75) is 19.8 Å². The van der Waals surface area contributed by atoms with Crippen LogP contribution in [0.3, 0.4) is 0 Å². The SMILES string of the molecule is CC(=O)N(C)CCN1CCc2ccc(Nc3ncc4c(=N)n(-c5c(Cl)cccc5Cl)c(=O)[nH]c4n3)cc2CC1. The summed E-state index contributed by atoms with van der Waals surface area (Å²) >= 11 is 12.6. The quantitative estimate of drug-likeness (QED) is 0.328. The van der Waals surface area contributed by atoms with Gasteiger partial charge in [-0.2, -0.15) is 4.98 Å². The number of halogens is 2. The highest BCUT2D eigenvalue weighted by molar-refractivity contribution is 6.37. The van der Waals surface area contributed by atoms with E-state index < -0.39 is 5.69 Å². The lowest BCUT2D eigenvalue weighted by atomic mass is 10.0. The molecule has 2 aromatic heterocycles.